The normalized spacial score (nSPS) is 14.4. The number of unbranched alkanes of at least 4 members (excludes halogenated alkanes) is 3. The molecule has 0 saturated heterocycles. The predicted molar refractivity (Wildman–Crippen MR) is 52.3 cm³/mol. The van der Waals surface area contributed by atoms with Crippen LogP contribution in [-0.4, -0.2) is 18.8 Å². The standard InChI is InChI=1S/C10H20F3N/c1-3-4-5-6-7-14-9(2)8-10(11,12)13/h9,14H,3-8H2,1-2H3. The average molecular weight is 211 g/mol. The van der Waals surface area contributed by atoms with Crippen LogP contribution in [0.15, 0.2) is 0 Å². The molecule has 0 spiro atoms. The third-order valence-electron chi connectivity index (χ3n) is 2.06. The Kier molecular flexibility index (Phi) is 6.97. The Balaban J connectivity index is 3.31. The van der Waals surface area contributed by atoms with Crippen LogP contribution in [-0.2, 0) is 0 Å². The summed E-state index contributed by atoms with van der Waals surface area (Å²) in [5, 5.41) is 2.88. The Labute approximate surface area is 84.1 Å². The monoisotopic (exact) mass is 211 g/mol. The van der Waals surface area contributed by atoms with Crippen molar-refractivity contribution >= 4 is 0 Å². The zero-order chi connectivity index (χ0) is 11.0. The summed E-state index contributed by atoms with van der Waals surface area (Å²) in [7, 11) is 0. The first-order valence-electron chi connectivity index (χ1n) is 5.26. The molecule has 0 saturated carbocycles. The molecule has 1 N–H and O–H groups in total. The Morgan fingerprint density at radius 2 is 1.79 bits per heavy atom. The van der Waals surface area contributed by atoms with E-state index in [-0.39, 0.29) is 0 Å². The molecule has 0 aliphatic rings. The van der Waals surface area contributed by atoms with Gasteiger partial charge in [-0.3, -0.25) is 0 Å². The summed E-state index contributed by atoms with van der Waals surface area (Å²) >= 11 is 0. The molecule has 4 heteroatoms. The number of nitrogens with one attached hydrogen (secondary N) is 1. The summed E-state index contributed by atoms with van der Waals surface area (Å²) in [6.45, 7) is 4.38. The predicted octanol–water partition coefficient (Wildman–Crippen LogP) is 3.50. The first-order chi connectivity index (χ1) is 6.45. The van der Waals surface area contributed by atoms with E-state index in [1.54, 1.807) is 6.92 Å². The van der Waals surface area contributed by atoms with Crippen LogP contribution in [0.2, 0.25) is 0 Å². The first kappa shape index (κ1) is 13.8. The molecule has 0 heterocycles. The van der Waals surface area contributed by atoms with Crippen LogP contribution in [0.5, 0.6) is 0 Å². The molecular formula is C10H20F3N. The summed E-state index contributed by atoms with van der Waals surface area (Å²) in [5.74, 6) is 0. The molecule has 0 aliphatic carbocycles. The maximum atomic E-state index is 11.9. The van der Waals surface area contributed by atoms with Crippen molar-refractivity contribution in [2.45, 2.75) is 58.2 Å². The first-order valence-corrected chi connectivity index (χ1v) is 5.26. The topological polar surface area (TPSA) is 12.0 Å². The maximum Gasteiger partial charge on any atom is 0.390 e. The Morgan fingerprint density at radius 1 is 1.14 bits per heavy atom. The maximum absolute atomic E-state index is 11.9. The average Bonchev–Trinajstić information content (AvgIpc) is 2.00. The van der Waals surface area contributed by atoms with Crippen molar-refractivity contribution in [3.05, 3.63) is 0 Å². The van der Waals surface area contributed by atoms with Gasteiger partial charge in [0, 0.05) is 6.04 Å². The van der Waals surface area contributed by atoms with E-state index in [1.165, 1.54) is 0 Å². The van der Waals surface area contributed by atoms with Crippen LogP contribution < -0.4 is 5.32 Å². The van der Waals surface area contributed by atoms with Gasteiger partial charge in [-0.1, -0.05) is 26.2 Å². The van der Waals surface area contributed by atoms with Crippen molar-refractivity contribution in [2.75, 3.05) is 6.54 Å². The van der Waals surface area contributed by atoms with Crippen LogP contribution in [0.4, 0.5) is 13.2 Å². The van der Waals surface area contributed by atoms with Gasteiger partial charge < -0.3 is 5.32 Å². The lowest BCUT2D eigenvalue weighted by Gasteiger charge is -2.15. The fourth-order valence-electron chi connectivity index (χ4n) is 1.32. The van der Waals surface area contributed by atoms with Crippen LogP contribution in [0, 0.1) is 0 Å². The molecular weight excluding hydrogens is 191 g/mol. The summed E-state index contributed by atoms with van der Waals surface area (Å²) in [6.07, 6.45) is -0.400. The van der Waals surface area contributed by atoms with Crippen molar-refractivity contribution in [1.29, 1.82) is 0 Å². The van der Waals surface area contributed by atoms with Crippen molar-refractivity contribution in [3.8, 4) is 0 Å². The molecule has 0 aromatic heterocycles. The minimum Gasteiger partial charge on any atom is -0.314 e. The highest BCUT2D eigenvalue weighted by molar-refractivity contribution is 4.65. The summed E-state index contributed by atoms with van der Waals surface area (Å²) in [5.41, 5.74) is 0. The number of halogens is 3. The highest BCUT2D eigenvalue weighted by atomic mass is 19.4. The van der Waals surface area contributed by atoms with Gasteiger partial charge in [0.1, 0.15) is 0 Å². The highest BCUT2D eigenvalue weighted by Gasteiger charge is 2.29. The van der Waals surface area contributed by atoms with Gasteiger partial charge >= 0.3 is 6.18 Å². The third kappa shape index (κ3) is 9.84. The Hall–Kier alpha value is -0.250. The zero-order valence-corrected chi connectivity index (χ0v) is 8.95. The van der Waals surface area contributed by atoms with Crippen molar-refractivity contribution in [3.63, 3.8) is 0 Å². The van der Waals surface area contributed by atoms with Crippen molar-refractivity contribution < 1.29 is 13.2 Å². The fourth-order valence-corrected chi connectivity index (χ4v) is 1.32. The quantitative estimate of drug-likeness (QED) is 0.635. The van der Waals surface area contributed by atoms with E-state index in [0.29, 0.717) is 6.54 Å². The van der Waals surface area contributed by atoms with Gasteiger partial charge in [0.25, 0.3) is 0 Å². The lowest BCUT2D eigenvalue weighted by molar-refractivity contribution is -0.139. The largest absolute Gasteiger partial charge is 0.390 e. The highest BCUT2D eigenvalue weighted by Crippen LogP contribution is 2.21. The van der Waals surface area contributed by atoms with Crippen LogP contribution in [0.1, 0.15) is 46.0 Å². The minimum atomic E-state index is -4.05. The van der Waals surface area contributed by atoms with E-state index < -0.39 is 18.6 Å². The smallest absolute Gasteiger partial charge is 0.314 e. The molecule has 0 amide bonds. The molecule has 0 aromatic rings. The Morgan fingerprint density at radius 3 is 2.29 bits per heavy atom. The molecule has 1 nitrogen and oxygen atoms in total. The number of alkyl halides is 3. The van der Waals surface area contributed by atoms with Crippen LogP contribution >= 0.6 is 0 Å². The summed E-state index contributed by atoms with van der Waals surface area (Å²) in [4.78, 5) is 0. The van der Waals surface area contributed by atoms with Gasteiger partial charge in [0.15, 0.2) is 0 Å². The second kappa shape index (κ2) is 7.10. The third-order valence-corrected chi connectivity index (χ3v) is 2.06. The molecule has 1 atom stereocenters. The van der Waals surface area contributed by atoms with Gasteiger partial charge in [0.2, 0.25) is 0 Å². The van der Waals surface area contributed by atoms with Gasteiger partial charge in [-0.25, -0.2) is 0 Å². The SMILES string of the molecule is CCCCCCNC(C)CC(F)(F)F. The molecule has 0 bridgehead atoms. The molecule has 0 radical (unpaired) electrons. The van der Waals surface area contributed by atoms with Gasteiger partial charge in [-0.15, -0.1) is 0 Å². The van der Waals surface area contributed by atoms with Gasteiger partial charge in [-0.05, 0) is 19.9 Å². The number of hydrogen-bond donors (Lipinski definition) is 1. The second-order valence-corrected chi connectivity index (χ2v) is 3.74. The molecule has 0 aliphatic heterocycles. The van der Waals surface area contributed by atoms with Gasteiger partial charge in [-0.2, -0.15) is 13.2 Å². The van der Waals surface area contributed by atoms with Crippen molar-refractivity contribution in [1.82, 2.24) is 5.32 Å². The molecule has 0 aromatic carbocycles. The summed E-state index contributed by atoms with van der Waals surface area (Å²) < 4.78 is 35.7. The molecule has 0 rings (SSSR count). The molecule has 14 heavy (non-hydrogen) atoms. The zero-order valence-electron chi connectivity index (χ0n) is 8.95. The van der Waals surface area contributed by atoms with E-state index in [9.17, 15) is 13.2 Å². The minimum absolute atomic E-state index is 0.461. The van der Waals surface area contributed by atoms with E-state index in [1.807, 2.05) is 0 Å². The van der Waals surface area contributed by atoms with E-state index in [4.69, 9.17) is 0 Å². The molecule has 1 unspecified atom stereocenters. The van der Waals surface area contributed by atoms with Crippen molar-refractivity contribution in [2.24, 2.45) is 0 Å². The van der Waals surface area contributed by atoms with Crippen LogP contribution in [0.25, 0.3) is 0 Å². The van der Waals surface area contributed by atoms with E-state index in [0.717, 1.165) is 25.7 Å². The number of rotatable bonds is 7. The molecule has 86 valence electrons. The fraction of sp³-hybridized carbons (Fsp3) is 1.00. The lowest BCUT2D eigenvalue weighted by atomic mass is 10.2. The Bertz CT molecular complexity index is 134. The number of hydrogen-bond acceptors (Lipinski definition) is 1. The lowest BCUT2D eigenvalue weighted by Crippen LogP contribution is -2.31. The van der Waals surface area contributed by atoms with E-state index >= 15 is 0 Å². The summed E-state index contributed by atoms with van der Waals surface area (Å²) in [6, 6.07) is -0.461. The van der Waals surface area contributed by atoms with Gasteiger partial charge in [0.05, 0.1) is 6.42 Å². The molecule has 0 fully saturated rings. The second-order valence-electron chi connectivity index (χ2n) is 3.74. The van der Waals surface area contributed by atoms with E-state index in [2.05, 4.69) is 12.2 Å². The van der Waals surface area contributed by atoms with Crippen LogP contribution in [0.3, 0.4) is 0 Å².